The predicted molar refractivity (Wildman–Crippen MR) is 122 cm³/mol. The second-order valence-corrected chi connectivity index (χ2v) is 11.4. The Hall–Kier alpha value is -1.59. The summed E-state index contributed by atoms with van der Waals surface area (Å²) < 4.78 is 44.3. The van der Waals surface area contributed by atoms with E-state index in [0.29, 0.717) is 18.4 Å². The van der Waals surface area contributed by atoms with Crippen molar-refractivity contribution in [1.82, 2.24) is 14.8 Å². The maximum Gasteiger partial charge on any atom is 0.330 e. The summed E-state index contributed by atoms with van der Waals surface area (Å²) in [5.74, 6) is 0.119. The van der Waals surface area contributed by atoms with E-state index >= 15 is 0 Å². The lowest BCUT2D eigenvalue weighted by Crippen LogP contribution is -2.60. The van der Waals surface area contributed by atoms with Crippen molar-refractivity contribution in [2.45, 2.75) is 72.1 Å². The molecule has 6 atom stereocenters. The van der Waals surface area contributed by atoms with Gasteiger partial charge < -0.3 is 35.0 Å². The molecule has 36 heavy (non-hydrogen) atoms. The van der Waals surface area contributed by atoms with Crippen molar-refractivity contribution < 1.29 is 48.0 Å². The van der Waals surface area contributed by atoms with Gasteiger partial charge in [0.2, 0.25) is 6.29 Å². The number of alkyl halides is 1. The summed E-state index contributed by atoms with van der Waals surface area (Å²) >= 11 is 13.0. The van der Waals surface area contributed by atoms with Gasteiger partial charge >= 0.3 is 10.1 Å². The highest BCUT2D eigenvalue weighted by molar-refractivity contribution is 7.85. The molecule has 1 unspecified atom stereocenters. The number of hydrogen-bond donors (Lipinski definition) is 6. The number of aliphatic hydroxyl groups is 5. The van der Waals surface area contributed by atoms with E-state index in [0.717, 1.165) is 11.0 Å². The monoisotopic (exact) mass is 569 g/mol. The molecule has 6 N–H and O–H groups in total. The first-order valence-corrected chi connectivity index (χ1v) is 13.0. The number of rotatable bonds is 9. The largest absolute Gasteiger partial charge is 0.462 e. The first kappa shape index (κ1) is 27.4. The third-order valence-corrected chi connectivity index (χ3v) is 8.21. The molecule has 2 fully saturated rings. The van der Waals surface area contributed by atoms with E-state index in [1.165, 1.54) is 18.2 Å². The number of aliphatic hydroxyl groups excluding tert-OH is 4. The Morgan fingerprint density at radius 3 is 2.50 bits per heavy atom. The van der Waals surface area contributed by atoms with Gasteiger partial charge in [-0.1, -0.05) is 17.7 Å². The van der Waals surface area contributed by atoms with Crippen LogP contribution in [-0.4, -0.2) is 101 Å². The van der Waals surface area contributed by atoms with Crippen molar-refractivity contribution >= 4 is 33.3 Å². The van der Waals surface area contributed by atoms with Gasteiger partial charge in [-0.2, -0.15) is 13.5 Å². The Morgan fingerprint density at radius 2 is 1.92 bits per heavy atom. The Labute approximate surface area is 215 Å². The van der Waals surface area contributed by atoms with Crippen molar-refractivity contribution in [2.75, 3.05) is 6.61 Å². The maximum absolute atomic E-state index is 11.6. The minimum atomic E-state index is -4.70. The molecule has 1 saturated heterocycles. The third-order valence-electron chi connectivity index (χ3n) is 6.35. The lowest BCUT2D eigenvalue weighted by Gasteiger charge is -2.39. The van der Waals surface area contributed by atoms with Crippen LogP contribution in [0.25, 0.3) is 0 Å². The molecule has 2 aromatic rings. The number of halogens is 2. The highest BCUT2D eigenvalue weighted by atomic mass is 35.5. The van der Waals surface area contributed by atoms with Gasteiger partial charge in [-0.25, -0.2) is 9.67 Å². The molecule has 16 heteroatoms. The van der Waals surface area contributed by atoms with Crippen molar-refractivity contribution in [2.24, 2.45) is 0 Å². The van der Waals surface area contributed by atoms with Gasteiger partial charge in [0.15, 0.2) is 0 Å². The summed E-state index contributed by atoms with van der Waals surface area (Å²) in [4.78, 5) is 2.44. The van der Waals surface area contributed by atoms with Gasteiger partial charge in [-0.3, -0.25) is 4.55 Å². The average molecular weight is 570 g/mol. The van der Waals surface area contributed by atoms with E-state index in [1.54, 1.807) is 0 Å². The van der Waals surface area contributed by atoms with Crippen LogP contribution < -0.4 is 4.74 Å². The quantitative estimate of drug-likeness (QED) is 0.160. The molecule has 0 radical (unpaired) electrons. The first-order chi connectivity index (χ1) is 16.8. The van der Waals surface area contributed by atoms with Crippen molar-refractivity contribution in [3.8, 4) is 5.75 Å². The molecule has 1 aromatic carbocycles. The Bertz CT molecular complexity index is 1210. The van der Waals surface area contributed by atoms with Crippen LogP contribution in [-0.2, 0) is 27.8 Å². The second-order valence-electron chi connectivity index (χ2n) is 8.92. The highest BCUT2D eigenvalue weighted by Crippen LogP contribution is 2.53. The summed E-state index contributed by atoms with van der Waals surface area (Å²) in [5, 5.41) is 54.0. The minimum absolute atomic E-state index is 0.119. The summed E-state index contributed by atoms with van der Waals surface area (Å²) in [6, 6.07) is 4.34. The molecule has 1 aliphatic heterocycles. The second kappa shape index (κ2) is 9.94. The van der Waals surface area contributed by atoms with Gasteiger partial charge in [-0.05, 0) is 30.5 Å². The molecule has 200 valence electrons. The molecule has 4 rings (SSSR count). The van der Waals surface area contributed by atoms with Crippen LogP contribution >= 0.6 is 23.2 Å². The molecule has 0 spiro atoms. The smallest absolute Gasteiger partial charge is 0.330 e. The van der Waals surface area contributed by atoms with E-state index in [2.05, 4.69) is 10.1 Å². The van der Waals surface area contributed by atoms with Crippen LogP contribution in [0, 0.1) is 0 Å². The lowest BCUT2D eigenvalue weighted by atomic mass is 9.89. The topological polar surface area (TPSA) is 205 Å². The Kier molecular flexibility index (Phi) is 7.58. The Balaban J connectivity index is 1.54. The summed E-state index contributed by atoms with van der Waals surface area (Å²) in [7, 11) is -4.70. The molecule has 1 aromatic heterocycles. The number of nitrogens with zero attached hydrogens (tertiary/aromatic N) is 3. The van der Waals surface area contributed by atoms with Crippen LogP contribution in [0.5, 0.6) is 5.75 Å². The van der Waals surface area contributed by atoms with Crippen molar-refractivity contribution in [3.63, 3.8) is 0 Å². The number of aromatic nitrogens is 3. The van der Waals surface area contributed by atoms with E-state index in [9.17, 15) is 38.5 Å². The zero-order valence-corrected chi connectivity index (χ0v) is 20.9. The zero-order chi connectivity index (χ0) is 26.5. The number of hydrogen-bond acceptors (Lipinski definition) is 11. The number of benzene rings is 1. The number of ether oxygens (including phenoxy) is 2. The molecular formula is C20H25Cl2N3O10S. The highest BCUT2D eigenvalue weighted by Gasteiger charge is 2.58. The van der Waals surface area contributed by atoms with Gasteiger partial charge in [0, 0.05) is 11.4 Å². The lowest BCUT2D eigenvalue weighted by molar-refractivity contribution is -0.277. The van der Waals surface area contributed by atoms with E-state index in [1.807, 2.05) is 0 Å². The first-order valence-electron chi connectivity index (χ1n) is 10.8. The average Bonchev–Trinajstić information content (AvgIpc) is 3.39. The van der Waals surface area contributed by atoms with Crippen LogP contribution in [0.3, 0.4) is 0 Å². The molecular weight excluding hydrogens is 545 g/mol. The molecule has 0 bridgehead atoms. The van der Waals surface area contributed by atoms with Gasteiger partial charge in [0.25, 0.3) is 5.16 Å². The van der Waals surface area contributed by atoms with Crippen LogP contribution in [0.4, 0.5) is 0 Å². The molecule has 1 saturated carbocycles. The summed E-state index contributed by atoms with van der Waals surface area (Å²) in [5.41, 5.74) is -1.31. The predicted octanol–water partition coefficient (Wildman–Crippen LogP) is -0.898. The van der Waals surface area contributed by atoms with Crippen LogP contribution in [0.15, 0.2) is 29.7 Å². The van der Waals surface area contributed by atoms with E-state index in [-0.39, 0.29) is 17.2 Å². The summed E-state index contributed by atoms with van der Waals surface area (Å²) in [6.07, 6.45) is -5.65. The molecule has 2 aliphatic rings. The van der Waals surface area contributed by atoms with Crippen molar-refractivity contribution in [1.29, 1.82) is 0 Å². The standard InChI is InChI=1S/C20H25Cl2N3O10S/c21-12-5-11(34-17-16(29)15(28)14(27)13(7-26)35-17)2-1-10(12)6-20(30,19(22)3-4-19)8-25-18(23-9-24-25)36(31,32)33/h1-2,5,9,13-17,26-30H,3-4,6-8H2,(H,31,32,33)/t13-,14-,15+,16-,17-,20?/m1/s1. The molecule has 2 heterocycles. The van der Waals surface area contributed by atoms with Gasteiger partial charge in [-0.15, -0.1) is 11.6 Å². The van der Waals surface area contributed by atoms with Gasteiger partial charge in [0.05, 0.1) is 18.0 Å². The fraction of sp³-hybridized carbons (Fsp3) is 0.600. The maximum atomic E-state index is 11.6. The summed E-state index contributed by atoms with van der Waals surface area (Å²) in [6.45, 7) is -1.01. The molecule has 0 amide bonds. The normalized spacial score (nSPS) is 29.5. The zero-order valence-electron chi connectivity index (χ0n) is 18.6. The van der Waals surface area contributed by atoms with E-state index < -0.39 is 69.6 Å². The van der Waals surface area contributed by atoms with Crippen LogP contribution in [0.2, 0.25) is 5.02 Å². The molecule has 1 aliphatic carbocycles. The minimum Gasteiger partial charge on any atom is -0.462 e. The van der Waals surface area contributed by atoms with Gasteiger partial charge in [0.1, 0.15) is 42.1 Å². The Morgan fingerprint density at radius 1 is 1.22 bits per heavy atom. The SMILES string of the molecule is O=S(=O)(O)c1ncnn1CC(O)(Cc1ccc(O[C@@H]2O[C@H](CO)[C@@H](O)[C@H](O)[C@H]2O)cc1Cl)C1(Cl)CC1. The fourth-order valence-electron chi connectivity index (χ4n) is 4.10. The van der Waals surface area contributed by atoms with Crippen molar-refractivity contribution in [3.05, 3.63) is 35.1 Å². The third kappa shape index (κ3) is 5.34. The fourth-order valence-corrected chi connectivity index (χ4v) is 5.12. The van der Waals surface area contributed by atoms with E-state index in [4.69, 9.17) is 32.7 Å². The molecule has 13 nitrogen and oxygen atoms in total. The van der Waals surface area contributed by atoms with Crippen LogP contribution in [0.1, 0.15) is 18.4 Å².